The molecule has 7 heteroatoms. The van der Waals surface area contributed by atoms with Crippen LogP contribution in [0.4, 0.5) is 0 Å². The Labute approximate surface area is 125 Å². The first-order chi connectivity index (χ1) is 8.88. The molecule has 0 fully saturated rings. The normalized spacial score (nSPS) is 11.7. The van der Waals surface area contributed by atoms with Crippen LogP contribution < -0.4 is 4.72 Å². The number of hydrogen-bond donors (Lipinski definition) is 1. The Morgan fingerprint density at radius 1 is 1.37 bits per heavy atom. The van der Waals surface area contributed by atoms with Crippen LogP contribution in [0.5, 0.6) is 0 Å². The van der Waals surface area contributed by atoms with Gasteiger partial charge in [-0.3, -0.25) is 0 Å². The first-order valence-corrected chi connectivity index (χ1v) is 8.65. The molecule has 0 saturated heterocycles. The molecule has 0 aliphatic heterocycles. The molecule has 1 heterocycles. The summed E-state index contributed by atoms with van der Waals surface area (Å²) in [7, 11) is -3.53. The Morgan fingerprint density at radius 3 is 2.68 bits per heavy atom. The SMILES string of the molecule is Cc1ccc(S(=O)(=O)NCc2ncc(C)s2)c(Br)c1. The Balaban J connectivity index is 2.18. The van der Waals surface area contributed by atoms with E-state index in [1.54, 1.807) is 24.4 Å². The van der Waals surface area contributed by atoms with Crippen molar-refractivity contribution in [1.82, 2.24) is 9.71 Å². The predicted octanol–water partition coefficient (Wildman–Crippen LogP) is 3.00. The average Bonchev–Trinajstić information content (AvgIpc) is 2.72. The van der Waals surface area contributed by atoms with E-state index in [9.17, 15) is 8.42 Å². The molecule has 0 aliphatic carbocycles. The van der Waals surface area contributed by atoms with Crippen molar-refractivity contribution in [2.24, 2.45) is 0 Å². The van der Waals surface area contributed by atoms with Crippen LogP contribution in [-0.4, -0.2) is 13.4 Å². The topological polar surface area (TPSA) is 59.1 Å². The lowest BCUT2D eigenvalue weighted by Crippen LogP contribution is -2.23. The van der Waals surface area contributed by atoms with Gasteiger partial charge in [0.2, 0.25) is 10.0 Å². The van der Waals surface area contributed by atoms with Gasteiger partial charge in [0.25, 0.3) is 0 Å². The van der Waals surface area contributed by atoms with E-state index in [1.807, 2.05) is 13.8 Å². The molecule has 0 spiro atoms. The van der Waals surface area contributed by atoms with Gasteiger partial charge >= 0.3 is 0 Å². The maximum atomic E-state index is 12.2. The summed E-state index contributed by atoms with van der Waals surface area (Å²) in [5.41, 5.74) is 1.00. The van der Waals surface area contributed by atoms with Crippen LogP contribution in [0.1, 0.15) is 15.4 Å². The van der Waals surface area contributed by atoms with Crippen LogP contribution in [0.15, 0.2) is 33.8 Å². The largest absolute Gasteiger partial charge is 0.248 e. The van der Waals surface area contributed by atoms with Crippen LogP contribution in [0.3, 0.4) is 0 Å². The fourth-order valence-corrected chi connectivity index (χ4v) is 4.54. The average molecular weight is 361 g/mol. The lowest BCUT2D eigenvalue weighted by Gasteiger charge is -2.08. The van der Waals surface area contributed by atoms with Gasteiger partial charge in [0.15, 0.2) is 0 Å². The first-order valence-electron chi connectivity index (χ1n) is 5.55. The molecule has 0 atom stereocenters. The Kier molecular flexibility index (Phi) is 4.39. The smallest absolute Gasteiger partial charge is 0.242 e. The second-order valence-corrected chi connectivity index (χ2v) is 8.03. The van der Waals surface area contributed by atoms with E-state index >= 15 is 0 Å². The third kappa shape index (κ3) is 3.62. The van der Waals surface area contributed by atoms with Gasteiger partial charge in [-0.2, -0.15) is 0 Å². The summed E-state index contributed by atoms with van der Waals surface area (Å²) >= 11 is 4.76. The standard InChI is InChI=1S/C12H13BrN2O2S2/c1-8-3-4-11(10(13)5-8)19(16,17)15-7-12-14-6-9(2)18-12/h3-6,15H,7H2,1-2H3. The number of hydrogen-bond acceptors (Lipinski definition) is 4. The minimum absolute atomic E-state index is 0.209. The maximum absolute atomic E-state index is 12.2. The summed E-state index contributed by atoms with van der Waals surface area (Å²) in [6.45, 7) is 4.06. The Morgan fingerprint density at radius 2 is 2.11 bits per heavy atom. The minimum atomic E-state index is -3.53. The van der Waals surface area contributed by atoms with Gasteiger partial charge in [0, 0.05) is 15.5 Å². The van der Waals surface area contributed by atoms with Gasteiger partial charge in [-0.1, -0.05) is 6.07 Å². The fraction of sp³-hybridized carbons (Fsp3) is 0.250. The van der Waals surface area contributed by atoms with Gasteiger partial charge in [-0.15, -0.1) is 11.3 Å². The molecule has 1 aromatic heterocycles. The van der Waals surface area contributed by atoms with Crippen molar-refractivity contribution in [2.45, 2.75) is 25.3 Å². The highest BCUT2D eigenvalue weighted by Crippen LogP contribution is 2.23. The summed E-state index contributed by atoms with van der Waals surface area (Å²) in [5.74, 6) is 0. The third-order valence-corrected chi connectivity index (χ3v) is 5.75. The zero-order valence-electron chi connectivity index (χ0n) is 10.5. The number of thiazole rings is 1. The van der Waals surface area contributed by atoms with Gasteiger partial charge in [0.1, 0.15) is 5.01 Å². The second kappa shape index (κ2) is 5.70. The second-order valence-electron chi connectivity index (χ2n) is 4.12. The third-order valence-electron chi connectivity index (χ3n) is 2.46. The molecule has 0 saturated carbocycles. The van der Waals surface area contributed by atoms with Gasteiger partial charge in [-0.25, -0.2) is 18.1 Å². The maximum Gasteiger partial charge on any atom is 0.242 e. The highest BCUT2D eigenvalue weighted by atomic mass is 79.9. The molecule has 19 heavy (non-hydrogen) atoms. The summed E-state index contributed by atoms with van der Waals surface area (Å²) < 4.78 is 27.5. The summed E-state index contributed by atoms with van der Waals surface area (Å²) in [4.78, 5) is 5.43. The van der Waals surface area contributed by atoms with Crippen molar-refractivity contribution in [3.63, 3.8) is 0 Å². The van der Waals surface area contributed by atoms with Gasteiger partial charge in [-0.05, 0) is 47.5 Å². The van der Waals surface area contributed by atoms with Crippen molar-refractivity contribution in [2.75, 3.05) is 0 Å². The van der Waals surface area contributed by atoms with Crippen molar-refractivity contribution in [3.8, 4) is 0 Å². The molecule has 0 radical (unpaired) electrons. The van der Waals surface area contributed by atoms with E-state index in [1.165, 1.54) is 11.3 Å². The van der Waals surface area contributed by atoms with E-state index in [0.717, 1.165) is 15.4 Å². The van der Waals surface area contributed by atoms with Crippen LogP contribution in [0.25, 0.3) is 0 Å². The lowest BCUT2D eigenvalue weighted by atomic mass is 10.2. The van der Waals surface area contributed by atoms with E-state index in [2.05, 4.69) is 25.6 Å². The van der Waals surface area contributed by atoms with E-state index in [4.69, 9.17) is 0 Å². The molecule has 4 nitrogen and oxygen atoms in total. The van der Waals surface area contributed by atoms with Crippen molar-refractivity contribution >= 4 is 37.3 Å². The van der Waals surface area contributed by atoms with Crippen molar-refractivity contribution < 1.29 is 8.42 Å². The van der Waals surface area contributed by atoms with E-state index in [0.29, 0.717) is 4.47 Å². The van der Waals surface area contributed by atoms with Crippen LogP contribution in [0, 0.1) is 13.8 Å². The highest BCUT2D eigenvalue weighted by Gasteiger charge is 2.17. The molecule has 0 unspecified atom stereocenters. The molecule has 102 valence electrons. The molecule has 0 aliphatic rings. The zero-order valence-corrected chi connectivity index (χ0v) is 13.7. The molecular weight excluding hydrogens is 348 g/mol. The minimum Gasteiger partial charge on any atom is -0.248 e. The van der Waals surface area contributed by atoms with Crippen LogP contribution in [-0.2, 0) is 16.6 Å². The molecule has 0 amide bonds. The number of benzene rings is 1. The van der Waals surface area contributed by atoms with Gasteiger partial charge < -0.3 is 0 Å². The summed E-state index contributed by atoms with van der Waals surface area (Å²) in [6, 6.07) is 5.14. The van der Waals surface area contributed by atoms with Crippen molar-refractivity contribution in [3.05, 3.63) is 44.3 Å². The molecular formula is C12H13BrN2O2S2. The highest BCUT2D eigenvalue weighted by molar-refractivity contribution is 9.10. The number of aromatic nitrogens is 1. The summed E-state index contributed by atoms with van der Waals surface area (Å²) in [6.07, 6.45) is 1.73. The quantitative estimate of drug-likeness (QED) is 0.911. The molecule has 0 bridgehead atoms. The molecule has 2 aromatic rings. The van der Waals surface area contributed by atoms with E-state index in [-0.39, 0.29) is 11.4 Å². The van der Waals surface area contributed by atoms with E-state index < -0.39 is 10.0 Å². The number of aryl methyl sites for hydroxylation is 2. The number of rotatable bonds is 4. The van der Waals surface area contributed by atoms with Crippen LogP contribution in [0.2, 0.25) is 0 Å². The molecule has 2 rings (SSSR count). The predicted molar refractivity (Wildman–Crippen MR) is 79.8 cm³/mol. The van der Waals surface area contributed by atoms with Crippen molar-refractivity contribution in [1.29, 1.82) is 0 Å². The zero-order chi connectivity index (χ0) is 14.0. The fourth-order valence-electron chi connectivity index (χ4n) is 1.54. The monoisotopic (exact) mass is 360 g/mol. The molecule has 1 N–H and O–H groups in total. The molecule has 1 aromatic carbocycles. The first kappa shape index (κ1) is 14.6. The number of nitrogens with one attached hydrogen (secondary N) is 1. The Hall–Kier alpha value is -0.760. The Bertz CT molecular complexity index is 696. The lowest BCUT2D eigenvalue weighted by molar-refractivity contribution is 0.580. The van der Waals surface area contributed by atoms with Gasteiger partial charge in [0.05, 0.1) is 11.4 Å². The number of sulfonamides is 1. The number of nitrogens with zero attached hydrogens (tertiary/aromatic N) is 1. The number of halogens is 1. The van der Waals surface area contributed by atoms with Crippen LogP contribution >= 0.6 is 27.3 Å². The summed E-state index contributed by atoms with van der Waals surface area (Å²) in [5, 5.41) is 0.754.